The number of unbranched alkanes of at least 4 members (excludes halogenated alkanes) is 1. The lowest BCUT2D eigenvalue weighted by molar-refractivity contribution is -0.136. The molecule has 3 aromatic rings. The molecule has 216 valence electrons. The lowest BCUT2D eigenvalue weighted by atomic mass is 10.1. The van der Waals surface area contributed by atoms with Gasteiger partial charge in [0.05, 0.1) is 12.6 Å². The Balaban J connectivity index is 1.67. The Kier molecular flexibility index (Phi) is 10.8. The summed E-state index contributed by atoms with van der Waals surface area (Å²) in [7, 11) is -4.62. The zero-order valence-corrected chi connectivity index (χ0v) is 22.1. The van der Waals surface area contributed by atoms with Gasteiger partial charge in [-0.05, 0) is 55.0 Å². The van der Waals surface area contributed by atoms with Crippen molar-refractivity contribution < 1.29 is 44.7 Å². The van der Waals surface area contributed by atoms with Gasteiger partial charge in [0.1, 0.15) is 18.2 Å². The van der Waals surface area contributed by atoms with Crippen molar-refractivity contribution in [2.24, 2.45) is 0 Å². The van der Waals surface area contributed by atoms with Gasteiger partial charge in [0, 0.05) is 30.6 Å². The monoisotopic (exact) mass is 584 g/mol. The van der Waals surface area contributed by atoms with Crippen LogP contribution in [0.2, 0.25) is 0 Å². The van der Waals surface area contributed by atoms with Crippen LogP contribution in [0.15, 0.2) is 48.7 Å². The number of aromatic nitrogens is 1. The van der Waals surface area contributed by atoms with Crippen LogP contribution in [0, 0.1) is 17.5 Å². The lowest BCUT2D eigenvalue weighted by Crippen LogP contribution is -2.50. The van der Waals surface area contributed by atoms with Gasteiger partial charge in [-0.1, -0.05) is 12.1 Å². The summed E-state index contributed by atoms with van der Waals surface area (Å²) in [6.07, 6.45) is 1.10. The summed E-state index contributed by atoms with van der Waals surface area (Å²) in [4.78, 5) is 29.0. The molecule has 1 heterocycles. The van der Waals surface area contributed by atoms with E-state index in [1.54, 1.807) is 0 Å². The minimum Gasteiger partial charge on any atom is -0.447 e. The number of anilines is 1. The summed E-state index contributed by atoms with van der Waals surface area (Å²) in [5, 5.41) is 4.65. The molecule has 1 atom stereocenters. The van der Waals surface area contributed by atoms with Crippen LogP contribution in [0.5, 0.6) is 0 Å². The van der Waals surface area contributed by atoms with E-state index in [4.69, 9.17) is 9.29 Å². The zero-order valence-electron chi connectivity index (χ0n) is 21.3. The fourth-order valence-corrected chi connectivity index (χ4v) is 4.11. The number of hydrogen-bond acceptors (Lipinski definition) is 8. The van der Waals surface area contributed by atoms with Crippen LogP contribution in [0.1, 0.15) is 31.7 Å². The summed E-state index contributed by atoms with van der Waals surface area (Å²) in [6.45, 7) is 0.255. The number of rotatable bonds is 13. The number of nitrogens with one attached hydrogen (secondary N) is 2. The molecule has 0 unspecified atom stereocenters. The van der Waals surface area contributed by atoms with Gasteiger partial charge < -0.3 is 4.74 Å². The molecular formula is C25H27F3N4O7S. The first kappa shape index (κ1) is 30.7. The number of hydrogen-bond donors (Lipinski definition) is 3. The van der Waals surface area contributed by atoms with E-state index < -0.39 is 45.9 Å². The molecule has 0 aliphatic rings. The molecule has 0 radical (unpaired) electrons. The van der Waals surface area contributed by atoms with Gasteiger partial charge in [-0.2, -0.15) is 8.42 Å². The third-order valence-electron chi connectivity index (χ3n) is 5.66. The highest BCUT2D eigenvalue weighted by Gasteiger charge is 2.24. The molecule has 0 bridgehead atoms. The average molecular weight is 585 g/mol. The molecule has 0 fully saturated rings. The second kappa shape index (κ2) is 14.0. The second-order valence-corrected chi connectivity index (χ2v) is 9.71. The molecule has 0 saturated carbocycles. The first-order valence-corrected chi connectivity index (χ1v) is 13.4. The molecule has 0 aliphatic carbocycles. The standard InChI is InChI=1S/C25H27F3N4O7S/c1-16(33)32(30-14-18-5-4-7-22(27)24(18)28)21(6-2-3-10-39-40(35,36)37)15-38-25(34)31-23-12-19-11-20(26)9-8-17(19)13-29-23/h4-5,7-9,11-13,21,30H,2-3,6,10,14-15H2,1H3,(H,29,31,34)(H,35,36,37)/t21-/m0/s1. The van der Waals surface area contributed by atoms with Crippen LogP contribution >= 0.6 is 0 Å². The Hall–Kier alpha value is -3.79. The van der Waals surface area contributed by atoms with Gasteiger partial charge in [-0.3, -0.25) is 19.7 Å². The molecule has 15 heteroatoms. The maximum absolute atomic E-state index is 14.1. The van der Waals surface area contributed by atoms with Crippen LogP contribution < -0.4 is 10.7 Å². The van der Waals surface area contributed by atoms with Gasteiger partial charge in [0.25, 0.3) is 0 Å². The van der Waals surface area contributed by atoms with Crippen LogP contribution in [-0.4, -0.2) is 54.2 Å². The van der Waals surface area contributed by atoms with Gasteiger partial charge in [0.15, 0.2) is 11.6 Å². The first-order valence-electron chi connectivity index (χ1n) is 12.0. The van der Waals surface area contributed by atoms with Gasteiger partial charge >= 0.3 is 16.5 Å². The third-order valence-corrected chi connectivity index (χ3v) is 6.13. The summed E-state index contributed by atoms with van der Waals surface area (Å²) < 4.78 is 81.0. The van der Waals surface area contributed by atoms with Crippen molar-refractivity contribution in [1.29, 1.82) is 0 Å². The van der Waals surface area contributed by atoms with Gasteiger partial charge in [0.2, 0.25) is 5.91 Å². The number of benzene rings is 2. The molecule has 3 N–H and O–H groups in total. The lowest BCUT2D eigenvalue weighted by Gasteiger charge is -2.31. The van der Waals surface area contributed by atoms with Crippen molar-refractivity contribution in [1.82, 2.24) is 15.4 Å². The first-order chi connectivity index (χ1) is 18.9. The Labute approximate surface area is 228 Å². The number of carbonyl (C=O) groups excluding carboxylic acids is 2. The van der Waals surface area contributed by atoms with E-state index in [0.29, 0.717) is 10.8 Å². The molecule has 0 spiro atoms. The Morgan fingerprint density at radius 1 is 1.10 bits per heavy atom. The molecule has 2 aromatic carbocycles. The molecular weight excluding hydrogens is 557 g/mol. The van der Waals surface area contributed by atoms with E-state index in [-0.39, 0.29) is 50.4 Å². The summed E-state index contributed by atoms with van der Waals surface area (Å²) in [5.41, 5.74) is 2.67. The van der Waals surface area contributed by atoms with Crippen LogP contribution in [0.3, 0.4) is 0 Å². The Morgan fingerprint density at radius 3 is 2.60 bits per heavy atom. The minimum absolute atomic E-state index is 0.0518. The third kappa shape index (κ3) is 9.44. The van der Waals surface area contributed by atoms with Crippen molar-refractivity contribution in [2.75, 3.05) is 18.5 Å². The topological polar surface area (TPSA) is 147 Å². The Morgan fingerprint density at radius 2 is 1.88 bits per heavy atom. The largest absolute Gasteiger partial charge is 0.447 e. The summed E-state index contributed by atoms with van der Waals surface area (Å²) >= 11 is 0. The number of amides is 2. The molecule has 40 heavy (non-hydrogen) atoms. The molecule has 3 rings (SSSR count). The quantitative estimate of drug-likeness (QED) is 0.153. The average Bonchev–Trinajstić information content (AvgIpc) is 2.87. The van der Waals surface area contributed by atoms with Crippen molar-refractivity contribution in [3.63, 3.8) is 0 Å². The zero-order chi connectivity index (χ0) is 29.3. The normalized spacial score (nSPS) is 12.2. The number of halogens is 3. The summed E-state index contributed by atoms with van der Waals surface area (Å²) in [5.74, 6) is -3.06. The summed E-state index contributed by atoms with van der Waals surface area (Å²) in [6, 6.07) is 8.29. The smallest absolute Gasteiger partial charge is 0.412 e. The highest BCUT2D eigenvalue weighted by Crippen LogP contribution is 2.18. The molecule has 1 aromatic heterocycles. The second-order valence-electron chi connectivity index (χ2n) is 8.62. The fraction of sp³-hybridized carbons (Fsp3) is 0.320. The predicted molar refractivity (Wildman–Crippen MR) is 138 cm³/mol. The van der Waals surface area contributed by atoms with E-state index >= 15 is 0 Å². The molecule has 2 amide bonds. The van der Waals surface area contributed by atoms with E-state index in [0.717, 1.165) is 11.1 Å². The van der Waals surface area contributed by atoms with Crippen molar-refractivity contribution in [3.8, 4) is 0 Å². The van der Waals surface area contributed by atoms with Crippen LogP contribution in [-0.2, 0) is 30.7 Å². The number of pyridine rings is 1. The van der Waals surface area contributed by atoms with E-state index in [1.165, 1.54) is 49.5 Å². The van der Waals surface area contributed by atoms with Gasteiger partial charge in [-0.25, -0.2) is 32.6 Å². The highest BCUT2D eigenvalue weighted by atomic mass is 32.3. The molecule has 11 nitrogen and oxygen atoms in total. The maximum Gasteiger partial charge on any atom is 0.412 e. The van der Waals surface area contributed by atoms with Crippen molar-refractivity contribution >= 4 is 39.0 Å². The highest BCUT2D eigenvalue weighted by molar-refractivity contribution is 7.80. The number of fused-ring (bicyclic) bond motifs is 1. The number of hydrazine groups is 1. The predicted octanol–water partition coefficient (Wildman–Crippen LogP) is 4.11. The number of nitrogens with zero attached hydrogens (tertiary/aromatic N) is 2. The fourth-order valence-electron chi connectivity index (χ4n) is 3.78. The SMILES string of the molecule is CC(=O)N(NCc1cccc(F)c1F)[C@@H](CCCCOS(=O)(=O)O)COC(=O)Nc1cc2cc(F)ccc2cn1. The van der Waals surface area contributed by atoms with Crippen molar-refractivity contribution in [3.05, 3.63) is 71.7 Å². The minimum atomic E-state index is -4.62. The Bertz CT molecular complexity index is 1460. The van der Waals surface area contributed by atoms with E-state index in [9.17, 15) is 31.2 Å². The maximum atomic E-state index is 14.1. The van der Waals surface area contributed by atoms with E-state index in [2.05, 4.69) is 19.9 Å². The number of carbonyl (C=O) groups is 2. The van der Waals surface area contributed by atoms with Gasteiger partial charge in [-0.15, -0.1) is 0 Å². The van der Waals surface area contributed by atoms with Crippen LogP contribution in [0.25, 0.3) is 10.8 Å². The molecule has 0 saturated heterocycles. The van der Waals surface area contributed by atoms with E-state index in [1.807, 2.05) is 0 Å². The van der Waals surface area contributed by atoms with Crippen LogP contribution in [0.4, 0.5) is 23.8 Å². The van der Waals surface area contributed by atoms with Crippen molar-refractivity contribution in [2.45, 2.75) is 38.8 Å². The molecule has 0 aliphatic heterocycles. The number of ether oxygens (including phenoxy) is 1.